The second-order valence-electron chi connectivity index (χ2n) is 7.52. The van der Waals surface area contributed by atoms with Crippen molar-refractivity contribution in [1.29, 1.82) is 0 Å². The fraction of sp³-hybridized carbons (Fsp3) is 0.750. The van der Waals surface area contributed by atoms with Crippen LogP contribution in [0, 0.1) is 5.92 Å². The van der Waals surface area contributed by atoms with Gasteiger partial charge in [-0.15, -0.1) is 0 Å². The first-order chi connectivity index (χ1) is 16.6. The summed E-state index contributed by atoms with van der Waals surface area (Å²) in [6.45, 7) is 4.46. The van der Waals surface area contributed by atoms with E-state index in [1.54, 1.807) is 13.8 Å². The first kappa shape index (κ1) is 40.3. The summed E-state index contributed by atoms with van der Waals surface area (Å²) in [5, 5.41) is 43.0. The molecule has 16 N–H and O–H groups in total. The predicted molar refractivity (Wildman–Crippen MR) is 131 cm³/mol. The summed E-state index contributed by atoms with van der Waals surface area (Å²) in [6, 6.07) is -1.70. The number of nitrogens with one attached hydrogen (secondary N) is 1. The highest BCUT2D eigenvalue weighted by atomic mass is 16.4. The van der Waals surface area contributed by atoms with E-state index in [0.29, 0.717) is 13.0 Å². The maximum Gasteiger partial charge on any atom is 0.320 e. The standard InChI is InChI=1S/C6H14N2O2.C5H9NO2.C5H11NO2.2C2H5NO2/c7-4-2-1-3-5(8)6(9)10;7-5(8)4-2-1-3-6-4;1-3(2)4(6)5(7)8;2*3-1-2(4)5/h5H,1-4,7-8H2,(H,9,10);4,6H,1-3H2,(H,7,8);3-4H,6H2,1-2H3,(H,7,8);2*1,3H2,(H,4,5)/t5-;2*4-;;/m000../s1. The van der Waals surface area contributed by atoms with Crippen molar-refractivity contribution in [3.8, 4) is 0 Å². The van der Waals surface area contributed by atoms with Crippen LogP contribution in [0.15, 0.2) is 0 Å². The fourth-order valence-electron chi connectivity index (χ4n) is 1.81. The van der Waals surface area contributed by atoms with Crippen LogP contribution in [-0.2, 0) is 24.0 Å². The van der Waals surface area contributed by atoms with E-state index in [1.165, 1.54) is 0 Å². The number of hydrogen-bond acceptors (Lipinski definition) is 11. The lowest BCUT2D eigenvalue weighted by Gasteiger charge is -2.07. The lowest BCUT2D eigenvalue weighted by atomic mass is 10.1. The molecule has 0 radical (unpaired) electrons. The zero-order valence-electron chi connectivity index (χ0n) is 20.8. The first-order valence-corrected chi connectivity index (χ1v) is 11.0. The number of carboxylic acid groups (broad SMARTS) is 5. The average molecular weight is 529 g/mol. The Balaban J connectivity index is -0.000000182. The summed E-state index contributed by atoms with van der Waals surface area (Å²) >= 11 is 0. The second-order valence-corrected chi connectivity index (χ2v) is 7.52. The molecule has 0 spiro atoms. The molecule has 0 aromatic heterocycles. The maximum atomic E-state index is 10.1. The van der Waals surface area contributed by atoms with Crippen LogP contribution in [0.1, 0.15) is 46.0 Å². The van der Waals surface area contributed by atoms with Crippen molar-refractivity contribution in [3.63, 3.8) is 0 Å². The van der Waals surface area contributed by atoms with Gasteiger partial charge in [0.1, 0.15) is 18.1 Å². The summed E-state index contributed by atoms with van der Waals surface area (Å²) in [6.07, 6.45) is 3.95. The van der Waals surface area contributed by atoms with Crippen LogP contribution >= 0.6 is 0 Å². The van der Waals surface area contributed by atoms with Crippen LogP contribution in [0.25, 0.3) is 0 Å². The van der Waals surface area contributed by atoms with Gasteiger partial charge in [0.2, 0.25) is 0 Å². The molecule has 16 nitrogen and oxygen atoms in total. The van der Waals surface area contributed by atoms with Crippen molar-refractivity contribution in [2.24, 2.45) is 34.6 Å². The minimum Gasteiger partial charge on any atom is -0.480 e. The highest BCUT2D eigenvalue weighted by molar-refractivity contribution is 5.74. The van der Waals surface area contributed by atoms with Crippen LogP contribution in [0.5, 0.6) is 0 Å². The Morgan fingerprint density at radius 2 is 1.28 bits per heavy atom. The molecule has 0 unspecified atom stereocenters. The Morgan fingerprint density at radius 1 is 0.833 bits per heavy atom. The Bertz CT molecular complexity index is 590. The molecule has 0 amide bonds. The summed E-state index contributed by atoms with van der Waals surface area (Å²) in [4.78, 5) is 48.8. The molecular weight excluding hydrogens is 484 g/mol. The SMILES string of the molecule is CC(C)[C@H](N)C(=O)O.NCC(=O)O.NCC(=O)O.NCCCC[C@H](N)C(=O)O.O=C(O)[C@@H]1CCCN1. The normalized spacial score (nSPS) is 15.1. The van der Waals surface area contributed by atoms with Gasteiger partial charge < -0.3 is 59.5 Å². The largest absolute Gasteiger partial charge is 0.480 e. The molecule has 0 aliphatic carbocycles. The monoisotopic (exact) mass is 528 g/mol. The molecular formula is C20H44N6O10. The zero-order chi connectivity index (χ0) is 29.3. The minimum absolute atomic E-state index is 0.0208. The van der Waals surface area contributed by atoms with Gasteiger partial charge in [0.25, 0.3) is 0 Å². The quantitative estimate of drug-likeness (QED) is 0.130. The van der Waals surface area contributed by atoms with Gasteiger partial charge in [-0.2, -0.15) is 0 Å². The number of carboxylic acids is 5. The van der Waals surface area contributed by atoms with Gasteiger partial charge in [-0.1, -0.05) is 20.3 Å². The van der Waals surface area contributed by atoms with Gasteiger partial charge in [0, 0.05) is 0 Å². The summed E-state index contributed by atoms with van der Waals surface area (Å²) in [5.41, 5.74) is 24.7. The molecule has 1 fully saturated rings. The van der Waals surface area contributed by atoms with Gasteiger partial charge in [0.05, 0.1) is 13.1 Å². The average Bonchev–Trinajstić information content (AvgIpc) is 3.35. The van der Waals surface area contributed by atoms with Gasteiger partial charge in [-0.3, -0.25) is 24.0 Å². The van der Waals surface area contributed by atoms with Crippen LogP contribution in [0.4, 0.5) is 0 Å². The van der Waals surface area contributed by atoms with Crippen molar-refractivity contribution in [2.45, 2.75) is 64.1 Å². The number of aliphatic carboxylic acids is 5. The summed E-state index contributed by atoms with van der Waals surface area (Å²) < 4.78 is 0. The van der Waals surface area contributed by atoms with Gasteiger partial charge in [0.15, 0.2) is 0 Å². The third-order valence-corrected chi connectivity index (χ3v) is 4.00. The zero-order valence-corrected chi connectivity index (χ0v) is 20.8. The number of unbranched alkanes of at least 4 members (excludes halogenated alkanes) is 1. The van der Waals surface area contributed by atoms with E-state index in [0.717, 1.165) is 32.2 Å². The third-order valence-electron chi connectivity index (χ3n) is 4.00. The van der Waals surface area contributed by atoms with Crippen molar-refractivity contribution in [3.05, 3.63) is 0 Å². The Labute approximate surface area is 210 Å². The molecule has 1 rings (SSSR count). The molecule has 3 atom stereocenters. The highest BCUT2D eigenvalue weighted by Crippen LogP contribution is 2.03. The molecule has 1 saturated heterocycles. The van der Waals surface area contributed by atoms with E-state index >= 15 is 0 Å². The van der Waals surface area contributed by atoms with Gasteiger partial charge in [-0.25, -0.2) is 0 Å². The fourth-order valence-corrected chi connectivity index (χ4v) is 1.81. The van der Waals surface area contributed by atoms with Crippen LogP contribution < -0.4 is 34.0 Å². The molecule has 1 aliphatic heterocycles. The van der Waals surface area contributed by atoms with Crippen molar-refractivity contribution < 1.29 is 49.5 Å². The van der Waals surface area contributed by atoms with E-state index in [-0.39, 0.29) is 25.0 Å². The lowest BCUT2D eigenvalue weighted by molar-refractivity contribution is -0.140. The Kier molecular flexibility index (Phi) is 29.9. The molecule has 0 aromatic rings. The highest BCUT2D eigenvalue weighted by Gasteiger charge is 2.20. The molecule has 0 aromatic carbocycles. The Morgan fingerprint density at radius 3 is 1.44 bits per heavy atom. The van der Waals surface area contributed by atoms with Crippen molar-refractivity contribution in [1.82, 2.24) is 5.32 Å². The topological polar surface area (TPSA) is 329 Å². The molecule has 1 aliphatic rings. The maximum absolute atomic E-state index is 10.1. The molecule has 16 heteroatoms. The van der Waals surface area contributed by atoms with E-state index < -0.39 is 41.9 Å². The van der Waals surface area contributed by atoms with Crippen LogP contribution in [0.3, 0.4) is 0 Å². The Hall–Kier alpha value is -2.89. The first-order valence-electron chi connectivity index (χ1n) is 11.0. The predicted octanol–water partition coefficient (Wildman–Crippen LogP) is -2.54. The molecule has 1 heterocycles. The molecule has 36 heavy (non-hydrogen) atoms. The smallest absolute Gasteiger partial charge is 0.320 e. The van der Waals surface area contributed by atoms with Crippen molar-refractivity contribution in [2.75, 3.05) is 26.2 Å². The van der Waals surface area contributed by atoms with Crippen LogP contribution in [0.2, 0.25) is 0 Å². The number of carbonyl (C=O) groups is 5. The number of nitrogens with two attached hydrogens (primary N) is 5. The molecule has 214 valence electrons. The van der Waals surface area contributed by atoms with E-state index in [1.807, 2.05) is 0 Å². The molecule has 0 bridgehead atoms. The summed E-state index contributed by atoms with van der Waals surface area (Å²) in [5.74, 6) is -4.50. The lowest BCUT2D eigenvalue weighted by Crippen LogP contribution is -2.34. The van der Waals surface area contributed by atoms with Gasteiger partial charge in [-0.05, 0) is 44.7 Å². The molecule has 0 saturated carbocycles. The third kappa shape index (κ3) is 33.3. The second kappa shape index (κ2) is 26.7. The van der Waals surface area contributed by atoms with E-state index in [4.69, 9.17) is 42.7 Å². The van der Waals surface area contributed by atoms with Crippen molar-refractivity contribution >= 4 is 29.8 Å². The number of hydrogen-bond donors (Lipinski definition) is 11. The summed E-state index contributed by atoms with van der Waals surface area (Å²) in [7, 11) is 0. The number of rotatable bonds is 10. The minimum atomic E-state index is -0.968. The van der Waals surface area contributed by atoms with Crippen LogP contribution in [-0.4, -0.2) is 99.7 Å². The van der Waals surface area contributed by atoms with Gasteiger partial charge >= 0.3 is 29.8 Å². The van der Waals surface area contributed by atoms with E-state index in [9.17, 15) is 24.0 Å². The van der Waals surface area contributed by atoms with E-state index in [2.05, 4.69) is 16.8 Å².